The van der Waals surface area contributed by atoms with Crippen LogP contribution in [0.2, 0.25) is 0 Å². The molecule has 0 spiro atoms. The number of aliphatic hydroxyl groups is 1. The van der Waals surface area contributed by atoms with Gasteiger partial charge in [-0.2, -0.15) is 0 Å². The summed E-state index contributed by atoms with van der Waals surface area (Å²) in [5, 5.41) is 8.94. The van der Waals surface area contributed by atoms with Gasteiger partial charge >= 0.3 is 0 Å². The highest BCUT2D eigenvalue weighted by Crippen LogP contribution is 2.16. The Bertz CT molecular complexity index is 451. The monoisotopic (exact) mass is 192 g/mol. The number of rotatable bonds is 2. The molecule has 2 heterocycles. The third kappa shape index (κ3) is 1.26. The quantitative estimate of drug-likeness (QED) is 0.700. The van der Waals surface area contributed by atoms with Crippen molar-refractivity contribution < 1.29 is 5.11 Å². The van der Waals surface area contributed by atoms with Gasteiger partial charge in [-0.15, -0.1) is 0 Å². The fourth-order valence-electron chi connectivity index (χ4n) is 1.47. The number of aliphatic hydroxyl groups excluding tert-OH is 1. The minimum atomic E-state index is -0.438. The predicted octanol–water partition coefficient (Wildman–Crippen LogP) is -0.0396. The van der Waals surface area contributed by atoms with E-state index in [9.17, 15) is 0 Å². The Labute approximate surface area is 81.2 Å². The summed E-state index contributed by atoms with van der Waals surface area (Å²) in [6.45, 7) is -0.107. The topological polar surface area (TPSA) is 77.0 Å². The highest BCUT2D eigenvalue weighted by Gasteiger charge is 2.13. The Morgan fingerprint density at radius 1 is 1.64 bits per heavy atom. The molecule has 0 aromatic carbocycles. The molecule has 74 valence electrons. The lowest BCUT2D eigenvalue weighted by atomic mass is 10.3. The Morgan fingerprint density at radius 3 is 3.07 bits per heavy atom. The van der Waals surface area contributed by atoms with Crippen LogP contribution in [0, 0.1) is 0 Å². The van der Waals surface area contributed by atoms with Crippen molar-refractivity contribution in [1.82, 2.24) is 14.5 Å². The van der Waals surface area contributed by atoms with Crippen LogP contribution < -0.4 is 5.73 Å². The van der Waals surface area contributed by atoms with Crippen LogP contribution >= 0.6 is 0 Å². The second kappa shape index (κ2) is 3.36. The van der Waals surface area contributed by atoms with Crippen molar-refractivity contribution in [3.05, 3.63) is 24.3 Å². The summed E-state index contributed by atoms with van der Waals surface area (Å²) in [5.74, 6) is 0.676. The van der Waals surface area contributed by atoms with E-state index in [2.05, 4.69) is 9.97 Å². The normalized spacial score (nSPS) is 13.4. The summed E-state index contributed by atoms with van der Waals surface area (Å²) >= 11 is 0. The first-order valence-corrected chi connectivity index (χ1v) is 4.37. The van der Waals surface area contributed by atoms with Gasteiger partial charge in [0.25, 0.3) is 0 Å². The molecule has 0 saturated heterocycles. The summed E-state index contributed by atoms with van der Waals surface area (Å²) in [7, 11) is 1.86. The van der Waals surface area contributed by atoms with Crippen molar-refractivity contribution in [2.24, 2.45) is 12.8 Å². The first kappa shape index (κ1) is 9.11. The first-order chi connectivity index (χ1) is 6.74. The molecule has 0 aliphatic rings. The number of hydrogen-bond acceptors (Lipinski definition) is 4. The summed E-state index contributed by atoms with van der Waals surface area (Å²) < 4.78 is 1.85. The van der Waals surface area contributed by atoms with Gasteiger partial charge in [-0.05, 0) is 6.07 Å². The van der Waals surface area contributed by atoms with Gasteiger partial charge in [-0.25, -0.2) is 4.98 Å². The largest absolute Gasteiger partial charge is 0.394 e. The van der Waals surface area contributed by atoms with E-state index in [1.807, 2.05) is 17.7 Å². The second-order valence-electron chi connectivity index (χ2n) is 3.18. The molecule has 2 aromatic rings. The molecule has 5 nitrogen and oxygen atoms in total. The van der Waals surface area contributed by atoms with E-state index in [0.29, 0.717) is 5.82 Å². The van der Waals surface area contributed by atoms with Crippen LogP contribution in [0.25, 0.3) is 11.0 Å². The molecule has 2 rings (SSSR count). The maximum Gasteiger partial charge on any atom is 0.129 e. The Balaban J connectivity index is 2.62. The number of nitrogens with zero attached hydrogens (tertiary/aromatic N) is 3. The van der Waals surface area contributed by atoms with Crippen LogP contribution in [0.4, 0.5) is 0 Å². The molecule has 14 heavy (non-hydrogen) atoms. The Kier molecular flexibility index (Phi) is 2.18. The first-order valence-electron chi connectivity index (χ1n) is 4.37. The van der Waals surface area contributed by atoms with Crippen LogP contribution in [-0.4, -0.2) is 26.2 Å². The number of aromatic nitrogens is 3. The Morgan fingerprint density at radius 2 is 2.43 bits per heavy atom. The van der Waals surface area contributed by atoms with Crippen molar-refractivity contribution in [3.8, 4) is 0 Å². The third-order valence-electron chi connectivity index (χ3n) is 2.25. The number of hydrogen-bond donors (Lipinski definition) is 2. The highest BCUT2D eigenvalue weighted by molar-refractivity contribution is 5.74. The molecule has 1 unspecified atom stereocenters. The molecule has 0 radical (unpaired) electrons. The average molecular weight is 192 g/mol. The van der Waals surface area contributed by atoms with E-state index in [-0.39, 0.29) is 6.61 Å². The molecular weight excluding hydrogens is 180 g/mol. The zero-order valence-corrected chi connectivity index (χ0v) is 7.88. The fraction of sp³-hybridized carbons (Fsp3) is 0.333. The van der Waals surface area contributed by atoms with Crippen molar-refractivity contribution in [2.45, 2.75) is 6.04 Å². The minimum Gasteiger partial charge on any atom is -0.394 e. The number of imidazole rings is 1. The van der Waals surface area contributed by atoms with E-state index in [1.165, 1.54) is 0 Å². The van der Waals surface area contributed by atoms with Gasteiger partial charge in [-0.1, -0.05) is 0 Å². The lowest BCUT2D eigenvalue weighted by molar-refractivity contribution is 0.262. The van der Waals surface area contributed by atoms with Gasteiger partial charge in [-0.3, -0.25) is 4.98 Å². The van der Waals surface area contributed by atoms with Crippen molar-refractivity contribution in [2.75, 3.05) is 6.61 Å². The SMILES string of the molecule is Cn1c(C(N)CO)nc2ccncc21. The van der Waals surface area contributed by atoms with E-state index in [1.54, 1.807) is 12.4 Å². The van der Waals surface area contributed by atoms with Crippen LogP contribution in [0.1, 0.15) is 11.9 Å². The van der Waals surface area contributed by atoms with E-state index >= 15 is 0 Å². The maximum absolute atomic E-state index is 8.94. The molecule has 0 aliphatic carbocycles. The summed E-state index contributed by atoms with van der Waals surface area (Å²) in [6, 6.07) is 1.38. The molecule has 0 saturated carbocycles. The van der Waals surface area contributed by atoms with Crippen LogP contribution in [0.3, 0.4) is 0 Å². The van der Waals surface area contributed by atoms with Crippen molar-refractivity contribution in [1.29, 1.82) is 0 Å². The van der Waals surface area contributed by atoms with Gasteiger partial charge in [0, 0.05) is 13.2 Å². The van der Waals surface area contributed by atoms with Gasteiger partial charge in [0.1, 0.15) is 5.82 Å². The van der Waals surface area contributed by atoms with Crippen LogP contribution in [0.5, 0.6) is 0 Å². The van der Waals surface area contributed by atoms with E-state index < -0.39 is 6.04 Å². The maximum atomic E-state index is 8.94. The standard InChI is InChI=1S/C9H12N4O/c1-13-8-4-11-3-2-7(8)12-9(13)6(10)5-14/h2-4,6,14H,5,10H2,1H3. The van der Waals surface area contributed by atoms with Gasteiger partial charge in [0.05, 0.1) is 29.9 Å². The molecule has 0 fully saturated rings. The molecular formula is C9H12N4O. The van der Waals surface area contributed by atoms with E-state index in [4.69, 9.17) is 10.8 Å². The van der Waals surface area contributed by atoms with Gasteiger partial charge in [0.15, 0.2) is 0 Å². The summed E-state index contributed by atoms with van der Waals surface area (Å²) in [4.78, 5) is 8.33. The molecule has 0 amide bonds. The summed E-state index contributed by atoms with van der Waals surface area (Å²) in [5.41, 5.74) is 7.48. The summed E-state index contributed by atoms with van der Waals surface area (Å²) in [6.07, 6.45) is 3.42. The highest BCUT2D eigenvalue weighted by atomic mass is 16.3. The average Bonchev–Trinajstić information content (AvgIpc) is 2.56. The number of nitrogens with two attached hydrogens (primary N) is 1. The molecule has 0 aliphatic heterocycles. The van der Waals surface area contributed by atoms with Gasteiger partial charge < -0.3 is 15.4 Å². The lowest BCUT2D eigenvalue weighted by Gasteiger charge is -2.07. The molecule has 1 atom stereocenters. The van der Waals surface area contributed by atoms with Gasteiger partial charge in [0.2, 0.25) is 0 Å². The zero-order valence-electron chi connectivity index (χ0n) is 7.88. The van der Waals surface area contributed by atoms with Crippen LogP contribution in [-0.2, 0) is 7.05 Å². The lowest BCUT2D eigenvalue weighted by Crippen LogP contribution is -2.18. The number of pyridine rings is 1. The zero-order chi connectivity index (χ0) is 10.1. The van der Waals surface area contributed by atoms with Crippen LogP contribution in [0.15, 0.2) is 18.5 Å². The second-order valence-corrected chi connectivity index (χ2v) is 3.18. The molecule has 3 N–H and O–H groups in total. The molecule has 2 aromatic heterocycles. The fourth-order valence-corrected chi connectivity index (χ4v) is 1.47. The number of aryl methyl sites for hydroxylation is 1. The smallest absolute Gasteiger partial charge is 0.129 e. The third-order valence-corrected chi connectivity index (χ3v) is 2.25. The van der Waals surface area contributed by atoms with Crippen molar-refractivity contribution >= 4 is 11.0 Å². The van der Waals surface area contributed by atoms with E-state index in [0.717, 1.165) is 11.0 Å². The molecule has 0 bridgehead atoms. The van der Waals surface area contributed by atoms with Crippen molar-refractivity contribution in [3.63, 3.8) is 0 Å². The predicted molar refractivity (Wildman–Crippen MR) is 52.5 cm³/mol. The Hall–Kier alpha value is -1.46. The minimum absolute atomic E-state index is 0.107. The number of fused-ring (bicyclic) bond motifs is 1. The molecule has 5 heteroatoms.